The molecule has 9 heteroatoms. The standard InChI is InChI=1S/C35H22N4O4S/c40-32-26-9-5-11-28-30(26)31(39-44-28)25-8-4-10-27(29(25)32)38-35(43)21-14-12-20(13-15-21)33(41)37-24-18-16-22(17-19-24)34(42)36-23-6-2-1-3-7-23/h1-19H,(H,36,42)(H,37,41)(H,38,43). The topological polar surface area (TPSA) is 117 Å². The maximum atomic E-state index is 13.5. The molecule has 212 valence electrons. The van der Waals surface area contributed by atoms with Gasteiger partial charge in [-0.3, -0.25) is 19.2 Å². The number of aromatic nitrogens is 1. The summed E-state index contributed by atoms with van der Waals surface area (Å²) in [5.74, 6) is -1.20. The Kier molecular flexibility index (Phi) is 6.76. The van der Waals surface area contributed by atoms with Crippen LogP contribution in [0.25, 0.3) is 21.3 Å². The average molecular weight is 595 g/mol. The molecule has 7 rings (SSSR count). The monoisotopic (exact) mass is 594 g/mol. The van der Waals surface area contributed by atoms with Crippen LogP contribution < -0.4 is 16.0 Å². The summed E-state index contributed by atoms with van der Waals surface area (Å²) in [6, 6.07) is 32.8. The molecule has 0 bridgehead atoms. The van der Waals surface area contributed by atoms with Crippen LogP contribution in [0.3, 0.4) is 0 Å². The van der Waals surface area contributed by atoms with Gasteiger partial charge < -0.3 is 16.0 Å². The minimum Gasteiger partial charge on any atom is -0.322 e. The van der Waals surface area contributed by atoms with Crippen LogP contribution in [0, 0.1) is 0 Å². The smallest absolute Gasteiger partial charge is 0.255 e. The number of carbonyl (C=O) groups is 4. The van der Waals surface area contributed by atoms with E-state index in [1.54, 1.807) is 78.9 Å². The molecule has 0 fully saturated rings. The van der Waals surface area contributed by atoms with E-state index >= 15 is 0 Å². The molecular formula is C35H22N4O4S. The van der Waals surface area contributed by atoms with Gasteiger partial charge in [-0.05, 0) is 84.3 Å². The fourth-order valence-electron chi connectivity index (χ4n) is 5.20. The Labute approximate surface area is 255 Å². The maximum Gasteiger partial charge on any atom is 0.255 e. The number of anilines is 3. The van der Waals surface area contributed by atoms with E-state index in [1.165, 1.54) is 11.5 Å². The van der Waals surface area contributed by atoms with Gasteiger partial charge in [-0.1, -0.05) is 42.5 Å². The Morgan fingerprint density at radius 1 is 0.545 bits per heavy atom. The van der Waals surface area contributed by atoms with Crippen LogP contribution in [0.1, 0.15) is 47.0 Å². The molecular weight excluding hydrogens is 572 g/mol. The van der Waals surface area contributed by atoms with E-state index in [0.29, 0.717) is 50.4 Å². The van der Waals surface area contributed by atoms with E-state index in [9.17, 15) is 19.2 Å². The van der Waals surface area contributed by atoms with Crippen molar-refractivity contribution in [2.45, 2.75) is 0 Å². The zero-order valence-electron chi connectivity index (χ0n) is 23.0. The molecule has 1 aliphatic rings. The van der Waals surface area contributed by atoms with Crippen LogP contribution in [-0.4, -0.2) is 27.9 Å². The summed E-state index contributed by atoms with van der Waals surface area (Å²) >= 11 is 1.34. The van der Waals surface area contributed by atoms with Gasteiger partial charge in [-0.2, -0.15) is 4.37 Å². The highest BCUT2D eigenvalue weighted by Crippen LogP contribution is 2.42. The second kappa shape index (κ2) is 11.0. The Balaban J connectivity index is 1.03. The lowest BCUT2D eigenvalue weighted by atomic mass is 9.86. The summed E-state index contributed by atoms with van der Waals surface area (Å²) in [5, 5.41) is 9.34. The number of ketones is 1. The Morgan fingerprint density at radius 3 is 1.75 bits per heavy atom. The number of rotatable bonds is 6. The molecule has 0 aliphatic heterocycles. The summed E-state index contributed by atoms with van der Waals surface area (Å²) in [7, 11) is 0. The summed E-state index contributed by atoms with van der Waals surface area (Å²) in [6.07, 6.45) is 0. The van der Waals surface area contributed by atoms with E-state index in [4.69, 9.17) is 0 Å². The average Bonchev–Trinajstić information content (AvgIpc) is 3.49. The third-order valence-electron chi connectivity index (χ3n) is 7.38. The van der Waals surface area contributed by atoms with Gasteiger partial charge in [0.2, 0.25) is 0 Å². The Bertz CT molecular complexity index is 2100. The highest BCUT2D eigenvalue weighted by molar-refractivity contribution is 7.13. The van der Waals surface area contributed by atoms with Crippen LogP contribution in [-0.2, 0) is 0 Å². The normalized spacial score (nSPS) is 11.5. The van der Waals surface area contributed by atoms with Crippen molar-refractivity contribution in [2.75, 3.05) is 16.0 Å². The lowest BCUT2D eigenvalue weighted by Crippen LogP contribution is -2.18. The molecule has 1 heterocycles. The van der Waals surface area contributed by atoms with Crippen molar-refractivity contribution in [1.29, 1.82) is 0 Å². The fourth-order valence-corrected chi connectivity index (χ4v) is 6.02. The number of hydrogen-bond donors (Lipinski definition) is 3. The van der Waals surface area contributed by atoms with Crippen molar-refractivity contribution in [1.82, 2.24) is 4.37 Å². The van der Waals surface area contributed by atoms with Gasteiger partial charge in [-0.15, -0.1) is 0 Å². The van der Waals surface area contributed by atoms with Crippen molar-refractivity contribution in [3.05, 3.63) is 143 Å². The molecule has 5 aromatic carbocycles. The molecule has 1 aromatic heterocycles. The van der Waals surface area contributed by atoms with Crippen LogP contribution in [0.15, 0.2) is 115 Å². The first-order chi connectivity index (χ1) is 21.5. The lowest BCUT2D eigenvalue weighted by molar-refractivity contribution is 0.101. The molecule has 3 N–H and O–H groups in total. The van der Waals surface area contributed by atoms with E-state index in [0.717, 1.165) is 15.8 Å². The van der Waals surface area contributed by atoms with Crippen molar-refractivity contribution >= 4 is 62.2 Å². The Morgan fingerprint density at radius 2 is 1.09 bits per heavy atom. The Hall–Kier alpha value is -5.93. The molecule has 6 aromatic rings. The van der Waals surface area contributed by atoms with Gasteiger partial charge >= 0.3 is 0 Å². The highest BCUT2D eigenvalue weighted by atomic mass is 32.1. The first-order valence-electron chi connectivity index (χ1n) is 13.7. The summed E-state index contributed by atoms with van der Waals surface area (Å²) in [4.78, 5) is 52.0. The van der Waals surface area contributed by atoms with Crippen LogP contribution in [0.2, 0.25) is 0 Å². The number of nitrogens with zero attached hydrogens (tertiary/aromatic N) is 1. The van der Waals surface area contributed by atoms with Gasteiger partial charge in [0.25, 0.3) is 17.7 Å². The minimum absolute atomic E-state index is 0.161. The largest absolute Gasteiger partial charge is 0.322 e. The number of hydrogen-bond acceptors (Lipinski definition) is 6. The quantitative estimate of drug-likeness (QED) is 0.187. The predicted octanol–water partition coefficient (Wildman–Crippen LogP) is 7.26. The lowest BCUT2D eigenvalue weighted by Gasteiger charge is -2.19. The first kappa shape index (κ1) is 26.9. The van der Waals surface area contributed by atoms with Gasteiger partial charge in [0.15, 0.2) is 5.78 Å². The summed E-state index contributed by atoms with van der Waals surface area (Å²) in [6.45, 7) is 0. The SMILES string of the molecule is O=C(Nc1ccccc1)c1ccc(NC(=O)c2ccc(C(=O)Nc3cccc4c3C(=O)c3cccc5snc-4c35)cc2)cc1. The third kappa shape index (κ3) is 4.91. The van der Waals surface area contributed by atoms with E-state index < -0.39 is 5.91 Å². The molecule has 0 saturated carbocycles. The summed E-state index contributed by atoms with van der Waals surface area (Å²) in [5.41, 5.74) is 5.15. The maximum absolute atomic E-state index is 13.5. The fraction of sp³-hybridized carbons (Fsp3) is 0. The van der Waals surface area contributed by atoms with Crippen LogP contribution >= 0.6 is 11.5 Å². The molecule has 0 spiro atoms. The molecule has 3 amide bonds. The van der Waals surface area contributed by atoms with E-state index in [2.05, 4.69) is 20.3 Å². The van der Waals surface area contributed by atoms with E-state index in [-0.39, 0.29) is 17.6 Å². The van der Waals surface area contributed by atoms with Crippen LogP contribution in [0.5, 0.6) is 0 Å². The van der Waals surface area contributed by atoms with Crippen LogP contribution in [0.4, 0.5) is 17.1 Å². The molecule has 0 radical (unpaired) electrons. The third-order valence-corrected chi connectivity index (χ3v) is 8.19. The number of fused-ring (bicyclic) bond motifs is 2. The van der Waals surface area contributed by atoms with Crippen molar-refractivity contribution in [3.63, 3.8) is 0 Å². The molecule has 44 heavy (non-hydrogen) atoms. The van der Waals surface area contributed by atoms with Crippen molar-refractivity contribution < 1.29 is 19.2 Å². The zero-order valence-corrected chi connectivity index (χ0v) is 23.8. The molecule has 0 unspecified atom stereocenters. The van der Waals surface area contributed by atoms with Crippen molar-refractivity contribution in [2.24, 2.45) is 0 Å². The highest BCUT2D eigenvalue weighted by Gasteiger charge is 2.30. The summed E-state index contributed by atoms with van der Waals surface area (Å²) < 4.78 is 5.53. The number of benzene rings is 5. The number of para-hydroxylation sites is 1. The second-order valence-electron chi connectivity index (χ2n) is 10.2. The van der Waals surface area contributed by atoms with Gasteiger partial charge in [0.05, 0.1) is 21.6 Å². The molecule has 1 aliphatic carbocycles. The first-order valence-corrected chi connectivity index (χ1v) is 14.5. The van der Waals surface area contributed by atoms with E-state index in [1.807, 2.05) is 36.4 Å². The van der Waals surface area contributed by atoms with Crippen molar-refractivity contribution in [3.8, 4) is 11.3 Å². The van der Waals surface area contributed by atoms with Gasteiger partial charge in [0, 0.05) is 44.6 Å². The zero-order chi connectivity index (χ0) is 30.2. The molecule has 0 saturated heterocycles. The predicted molar refractivity (Wildman–Crippen MR) is 172 cm³/mol. The number of amides is 3. The van der Waals surface area contributed by atoms with Gasteiger partial charge in [-0.25, -0.2) is 0 Å². The number of nitrogens with one attached hydrogen (secondary N) is 3. The van der Waals surface area contributed by atoms with Gasteiger partial charge in [0.1, 0.15) is 0 Å². The molecule has 8 nitrogen and oxygen atoms in total. The minimum atomic E-state index is -0.412. The number of carbonyl (C=O) groups excluding carboxylic acids is 4. The second-order valence-corrected chi connectivity index (χ2v) is 11.0. The molecule has 0 atom stereocenters.